The van der Waals surface area contributed by atoms with Gasteiger partial charge >= 0.3 is 5.97 Å². The Morgan fingerprint density at radius 2 is 2.29 bits per heavy atom. The number of aliphatic carboxylic acids is 1. The number of ether oxygens (including phenoxy) is 1. The van der Waals surface area contributed by atoms with Gasteiger partial charge in [-0.1, -0.05) is 12.1 Å². The molecule has 1 N–H and O–H groups in total. The van der Waals surface area contributed by atoms with Gasteiger partial charge in [-0.25, -0.2) is 4.98 Å². The summed E-state index contributed by atoms with van der Waals surface area (Å²) in [5.41, 5.74) is 1.86. The molecule has 0 atom stereocenters. The van der Waals surface area contributed by atoms with E-state index in [2.05, 4.69) is 9.88 Å². The number of thiazole rings is 1. The number of para-hydroxylation sites is 2. The van der Waals surface area contributed by atoms with Crippen molar-refractivity contribution in [1.29, 1.82) is 0 Å². The highest BCUT2D eigenvalue weighted by atomic mass is 32.1. The smallest absolute Gasteiger partial charge is 0.303 e. The minimum Gasteiger partial charge on any atom is -0.491 e. The molecule has 0 saturated carbocycles. The maximum atomic E-state index is 10.6. The number of anilines is 2. The van der Waals surface area contributed by atoms with Gasteiger partial charge in [-0.05, 0) is 18.6 Å². The largest absolute Gasteiger partial charge is 0.491 e. The monoisotopic (exact) mass is 304 g/mol. The molecule has 0 amide bonds. The quantitative estimate of drug-likeness (QED) is 0.940. The molecule has 1 aliphatic rings. The van der Waals surface area contributed by atoms with Crippen molar-refractivity contribution in [2.75, 3.05) is 18.1 Å². The average molecular weight is 304 g/mol. The second kappa shape index (κ2) is 6.13. The maximum Gasteiger partial charge on any atom is 0.303 e. The van der Waals surface area contributed by atoms with Gasteiger partial charge in [-0.2, -0.15) is 0 Å². The third-order valence-corrected chi connectivity index (χ3v) is 4.22. The summed E-state index contributed by atoms with van der Waals surface area (Å²) in [7, 11) is 0. The van der Waals surface area contributed by atoms with Gasteiger partial charge < -0.3 is 14.7 Å². The summed E-state index contributed by atoms with van der Waals surface area (Å²) in [6, 6.07) is 7.94. The highest BCUT2D eigenvalue weighted by Crippen LogP contribution is 2.37. The van der Waals surface area contributed by atoms with Crippen molar-refractivity contribution < 1.29 is 14.6 Å². The second-order valence-corrected chi connectivity index (χ2v) is 5.67. The van der Waals surface area contributed by atoms with E-state index < -0.39 is 5.97 Å². The Balaban J connectivity index is 1.84. The number of hydrogen-bond donors (Lipinski definition) is 1. The zero-order chi connectivity index (χ0) is 14.7. The van der Waals surface area contributed by atoms with E-state index in [9.17, 15) is 4.79 Å². The van der Waals surface area contributed by atoms with Crippen molar-refractivity contribution in [2.45, 2.75) is 19.3 Å². The van der Waals surface area contributed by atoms with Crippen LogP contribution in [0.2, 0.25) is 0 Å². The first-order valence-electron chi connectivity index (χ1n) is 6.89. The molecule has 0 saturated heterocycles. The number of nitrogens with zero attached hydrogens (tertiary/aromatic N) is 2. The molecule has 0 unspecified atom stereocenters. The van der Waals surface area contributed by atoms with Crippen molar-refractivity contribution >= 4 is 28.1 Å². The molecule has 21 heavy (non-hydrogen) atoms. The molecule has 3 rings (SSSR count). The van der Waals surface area contributed by atoms with Gasteiger partial charge in [0.1, 0.15) is 5.75 Å². The predicted molar refractivity (Wildman–Crippen MR) is 81.6 cm³/mol. The average Bonchev–Trinajstić information content (AvgIpc) is 2.84. The molecule has 2 aromatic rings. The molecular weight excluding hydrogens is 288 g/mol. The van der Waals surface area contributed by atoms with Crippen molar-refractivity contribution in [3.8, 4) is 5.75 Å². The normalized spacial score (nSPS) is 14.2. The van der Waals surface area contributed by atoms with Crippen LogP contribution < -0.4 is 9.64 Å². The predicted octanol–water partition coefficient (Wildman–Crippen LogP) is 3.08. The summed E-state index contributed by atoms with van der Waals surface area (Å²) < 4.78 is 5.74. The number of aryl methyl sites for hydroxylation is 1. The van der Waals surface area contributed by atoms with Crippen LogP contribution in [-0.2, 0) is 11.2 Å². The Morgan fingerprint density at radius 3 is 3.14 bits per heavy atom. The van der Waals surface area contributed by atoms with Crippen LogP contribution in [0.5, 0.6) is 5.75 Å². The van der Waals surface area contributed by atoms with Crippen LogP contribution in [0, 0.1) is 0 Å². The van der Waals surface area contributed by atoms with Crippen LogP contribution in [0.4, 0.5) is 10.8 Å². The Kier molecular flexibility index (Phi) is 4.06. The fraction of sp³-hybridized carbons (Fsp3) is 0.333. The number of carbonyl (C=O) groups is 1. The van der Waals surface area contributed by atoms with Crippen LogP contribution in [0.25, 0.3) is 0 Å². The highest BCUT2D eigenvalue weighted by Gasteiger charge is 2.20. The first kappa shape index (κ1) is 13.9. The molecule has 110 valence electrons. The summed E-state index contributed by atoms with van der Waals surface area (Å²) in [4.78, 5) is 17.4. The van der Waals surface area contributed by atoms with Gasteiger partial charge in [0.25, 0.3) is 0 Å². The zero-order valence-electron chi connectivity index (χ0n) is 11.5. The zero-order valence-corrected chi connectivity index (χ0v) is 12.3. The Hall–Kier alpha value is -2.08. The summed E-state index contributed by atoms with van der Waals surface area (Å²) in [6.45, 7) is 1.55. The molecule has 5 nitrogen and oxygen atoms in total. The second-order valence-electron chi connectivity index (χ2n) is 4.84. The number of benzene rings is 1. The fourth-order valence-corrected chi connectivity index (χ4v) is 3.20. The van der Waals surface area contributed by atoms with Gasteiger partial charge in [-0.3, -0.25) is 4.79 Å². The number of aromatic nitrogens is 1. The maximum absolute atomic E-state index is 10.6. The first-order chi connectivity index (χ1) is 10.2. The van der Waals surface area contributed by atoms with E-state index in [0.29, 0.717) is 13.0 Å². The third-order valence-electron chi connectivity index (χ3n) is 3.31. The van der Waals surface area contributed by atoms with E-state index >= 15 is 0 Å². The Labute approximate surface area is 126 Å². The van der Waals surface area contributed by atoms with Gasteiger partial charge in [0, 0.05) is 18.3 Å². The number of carboxylic acids is 1. The van der Waals surface area contributed by atoms with Crippen molar-refractivity contribution in [3.05, 3.63) is 35.3 Å². The topological polar surface area (TPSA) is 62.7 Å². The number of rotatable bonds is 4. The molecular formula is C15H16N2O3S. The van der Waals surface area contributed by atoms with E-state index in [0.717, 1.165) is 35.2 Å². The molecule has 1 aromatic heterocycles. The lowest BCUT2D eigenvalue weighted by atomic mass is 10.2. The third kappa shape index (κ3) is 3.16. The van der Waals surface area contributed by atoms with E-state index in [1.807, 2.05) is 29.6 Å². The summed E-state index contributed by atoms with van der Waals surface area (Å²) >= 11 is 1.55. The summed E-state index contributed by atoms with van der Waals surface area (Å²) in [6.07, 6.45) is 1.51. The molecule has 6 heteroatoms. The molecule has 0 spiro atoms. The van der Waals surface area contributed by atoms with Gasteiger partial charge in [0.05, 0.1) is 24.4 Å². The Bertz CT molecular complexity index is 641. The highest BCUT2D eigenvalue weighted by molar-refractivity contribution is 7.13. The summed E-state index contributed by atoms with van der Waals surface area (Å²) in [5, 5.41) is 11.6. The van der Waals surface area contributed by atoms with Crippen molar-refractivity contribution in [3.63, 3.8) is 0 Å². The standard InChI is InChI=1S/C15H16N2O3S/c18-14(19)7-6-11-10-21-15(16-11)17-8-3-9-20-13-5-2-1-4-12(13)17/h1-2,4-5,10H,3,6-9H2,(H,18,19). The lowest BCUT2D eigenvalue weighted by Gasteiger charge is -2.20. The van der Waals surface area contributed by atoms with E-state index in [-0.39, 0.29) is 6.42 Å². The van der Waals surface area contributed by atoms with Crippen LogP contribution in [-0.4, -0.2) is 29.2 Å². The van der Waals surface area contributed by atoms with Crippen LogP contribution >= 0.6 is 11.3 Å². The number of carboxylic acid groups (broad SMARTS) is 1. The van der Waals surface area contributed by atoms with Crippen molar-refractivity contribution in [2.24, 2.45) is 0 Å². The lowest BCUT2D eigenvalue weighted by molar-refractivity contribution is -0.136. The Morgan fingerprint density at radius 1 is 1.43 bits per heavy atom. The SMILES string of the molecule is O=C(O)CCc1csc(N2CCCOc3ccccc32)n1. The van der Waals surface area contributed by atoms with E-state index in [1.165, 1.54) is 0 Å². The van der Waals surface area contributed by atoms with Crippen LogP contribution in [0.1, 0.15) is 18.5 Å². The van der Waals surface area contributed by atoms with Crippen LogP contribution in [0.15, 0.2) is 29.6 Å². The number of hydrogen-bond acceptors (Lipinski definition) is 5. The minimum atomic E-state index is -0.793. The number of fused-ring (bicyclic) bond motifs is 1. The van der Waals surface area contributed by atoms with Crippen LogP contribution in [0.3, 0.4) is 0 Å². The minimum absolute atomic E-state index is 0.114. The van der Waals surface area contributed by atoms with Gasteiger partial charge in [-0.15, -0.1) is 11.3 Å². The molecule has 2 heterocycles. The van der Waals surface area contributed by atoms with E-state index in [4.69, 9.17) is 9.84 Å². The van der Waals surface area contributed by atoms with Crippen molar-refractivity contribution in [1.82, 2.24) is 4.98 Å². The molecule has 1 aromatic carbocycles. The molecule has 0 aliphatic carbocycles. The van der Waals surface area contributed by atoms with E-state index in [1.54, 1.807) is 11.3 Å². The summed E-state index contributed by atoms with van der Waals surface area (Å²) in [5.74, 6) is 0.0790. The fourth-order valence-electron chi connectivity index (χ4n) is 2.30. The van der Waals surface area contributed by atoms with Gasteiger partial charge in [0.2, 0.25) is 0 Å². The molecule has 0 fully saturated rings. The van der Waals surface area contributed by atoms with Gasteiger partial charge in [0.15, 0.2) is 5.13 Å². The lowest BCUT2D eigenvalue weighted by Crippen LogP contribution is -2.17. The molecule has 1 aliphatic heterocycles. The molecule has 0 bridgehead atoms. The first-order valence-corrected chi connectivity index (χ1v) is 7.77. The molecule has 0 radical (unpaired) electrons.